The number of anilines is 2. The minimum atomic E-state index is -1.65. The minimum Gasteiger partial charge on any atom is -0.393 e. The lowest BCUT2D eigenvalue weighted by Crippen LogP contribution is -2.51. The second-order valence-corrected chi connectivity index (χ2v) is 12.1. The lowest BCUT2D eigenvalue weighted by Gasteiger charge is -2.29. The van der Waals surface area contributed by atoms with E-state index in [9.17, 15) is 19.8 Å². The molecule has 0 spiro atoms. The van der Waals surface area contributed by atoms with Gasteiger partial charge in [-0.2, -0.15) is 0 Å². The first-order valence-corrected chi connectivity index (χ1v) is 15.5. The zero-order valence-electron chi connectivity index (χ0n) is 25.9. The van der Waals surface area contributed by atoms with E-state index in [1.807, 2.05) is 37.3 Å². The number of carbonyl (C=O) groups excluding carboxylic acids is 2. The number of nitrogen functional groups attached to an aromatic ring is 2. The fraction of sp³-hybridized carbons (Fsp3) is 0.400. The summed E-state index contributed by atoms with van der Waals surface area (Å²) in [6.45, 7) is 1.71. The SMILES string of the molecule is CC[C@]12O[C@@H](n3cnc4c(N)ncnc43)[C@@H](NC1=O)C2OCc1ccccc1.Nc1ncnc2c1ncn2[C@@H]1O[C@@]2(CO)C(=O)N[C@H]1C2O. The van der Waals surface area contributed by atoms with Gasteiger partial charge >= 0.3 is 0 Å². The van der Waals surface area contributed by atoms with Crippen molar-refractivity contribution in [3.8, 4) is 0 Å². The molecular weight excluding hydrogens is 640 g/mol. The van der Waals surface area contributed by atoms with E-state index in [0.717, 1.165) is 5.56 Å². The molecule has 4 bridgehead atoms. The highest BCUT2D eigenvalue weighted by Crippen LogP contribution is 2.47. The Balaban J connectivity index is 0.000000148. The van der Waals surface area contributed by atoms with Crippen molar-refractivity contribution in [1.82, 2.24) is 49.7 Å². The maximum absolute atomic E-state index is 12.7. The second kappa shape index (κ2) is 11.4. The molecule has 4 saturated heterocycles. The zero-order valence-corrected chi connectivity index (χ0v) is 25.9. The van der Waals surface area contributed by atoms with Crippen molar-refractivity contribution in [1.29, 1.82) is 0 Å². The highest BCUT2D eigenvalue weighted by Gasteiger charge is 2.67. The van der Waals surface area contributed by atoms with Gasteiger partial charge in [-0.05, 0) is 12.0 Å². The predicted octanol–water partition coefficient (Wildman–Crippen LogP) is -1.30. The molecule has 1 aromatic carbocycles. The van der Waals surface area contributed by atoms with Crippen LogP contribution in [0, 0.1) is 0 Å². The molecule has 8 N–H and O–H groups in total. The number of nitrogens with one attached hydrogen (secondary N) is 2. The van der Waals surface area contributed by atoms with Crippen molar-refractivity contribution in [3.63, 3.8) is 0 Å². The van der Waals surface area contributed by atoms with Crippen LogP contribution in [0.3, 0.4) is 0 Å². The Morgan fingerprint density at radius 2 is 1.39 bits per heavy atom. The van der Waals surface area contributed by atoms with E-state index in [0.29, 0.717) is 41.2 Å². The molecule has 4 aromatic heterocycles. The summed E-state index contributed by atoms with van der Waals surface area (Å²) in [5.41, 5.74) is 11.9. The number of amides is 2. The third-order valence-electron chi connectivity index (χ3n) is 9.60. The minimum absolute atomic E-state index is 0.145. The first-order chi connectivity index (χ1) is 23.7. The fourth-order valence-electron chi connectivity index (χ4n) is 7.03. The van der Waals surface area contributed by atoms with E-state index >= 15 is 0 Å². The average Bonchev–Trinajstić information content (AvgIpc) is 3.94. The Kier molecular flexibility index (Phi) is 7.19. The first-order valence-electron chi connectivity index (χ1n) is 15.5. The van der Waals surface area contributed by atoms with Crippen LogP contribution < -0.4 is 22.1 Å². The van der Waals surface area contributed by atoms with Gasteiger partial charge in [-0.1, -0.05) is 37.3 Å². The molecule has 4 aliphatic rings. The standard InChI is InChI=1S/C19H20N6O3.C11H12N6O4/c1-2-19-14(27-8-11-6-4-3-5-7-11)12(24-18(19)26)17(28-19)25-10-23-13-15(20)21-9-22-16(13)25;12-7-5-8(14-2-13-7)17(3-15-5)9-4-6(19)11(1-18,21-9)10(20)16-4/h3-7,9-10,12,14,17H,2,8H2,1H3,(H,24,26)(H2,20,21,22);2-4,6,9,18-19H,1H2,(H,16,20)(H2,12,13,14)/t12-,14?,17+,19+;4-,6?,9+,11+/m00/s1. The molecule has 4 fully saturated rings. The van der Waals surface area contributed by atoms with Crippen LogP contribution in [0.1, 0.15) is 31.4 Å². The number of aliphatic hydroxyl groups is 2. The van der Waals surface area contributed by atoms with E-state index < -0.39 is 54.4 Å². The van der Waals surface area contributed by atoms with Crippen molar-refractivity contribution in [2.24, 2.45) is 0 Å². The lowest BCUT2D eigenvalue weighted by molar-refractivity contribution is -0.169. The van der Waals surface area contributed by atoms with Crippen LogP contribution in [0.25, 0.3) is 22.3 Å². The van der Waals surface area contributed by atoms with Gasteiger partial charge in [0.25, 0.3) is 11.8 Å². The monoisotopic (exact) mass is 672 g/mol. The van der Waals surface area contributed by atoms with Crippen LogP contribution in [-0.4, -0.2) is 103 Å². The number of carbonyl (C=O) groups is 2. The number of morpholine rings is 2. The van der Waals surface area contributed by atoms with E-state index in [-0.39, 0.29) is 17.8 Å². The number of benzene rings is 1. The van der Waals surface area contributed by atoms with Crippen LogP contribution in [0.4, 0.5) is 11.6 Å². The lowest BCUT2D eigenvalue weighted by atomic mass is 9.95. The second-order valence-electron chi connectivity index (χ2n) is 12.1. The number of nitrogens with zero attached hydrogens (tertiary/aromatic N) is 8. The van der Waals surface area contributed by atoms with Crippen LogP contribution in [0.5, 0.6) is 0 Å². The average molecular weight is 673 g/mol. The van der Waals surface area contributed by atoms with Crippen molar-refractivity contribution >= 4 is 45.8 Å². The Hall–Kier alpha value is -5.34. The van der Waals surface area contributed by atoms with Gasteiger partial charge in [0.1, 0.15) is 48.0 Å². The van der Waals surface area contributed by atoms with Gasteiger partial charge in [-0.25, -0.2) is 29.9 Å². The molecule has 0 aliphatic carbocycles. The number of nitrogens with two attached hydrogens (primary N) is 2. The van der Waals surface area contributed by atoms with Gasteiger partial charge in [0.15, 0.2) is 46.6 Å². The van der Waals surface area contributed by atoms with Crippen molar-refractivity contribution in [3.05, 3.63) is 61.2 Å². The number of aliphatic hydroxyl groups excluding tert-OH is 2. The quantitative estimate of drug-likeness (QED) is 0.117. The number of imidazole rings is 2. The number of hydrogen-bond acceptors (Lipinski definition) is 15. The summed E-state index contributed by atoms with van der Waals surface area (Å²) in [5.74, 6) is -0.147. The molecule has 254 valence electrons. The third kappa shape index (κ3) is 4.47. The van der Waals surface area contributed by atoms with Gasteiger partial charge in [-0.15, -0.1) is 0 Å². The third-order valence-corrected chi connectivity index (χ3v) is 9.60. The van der Waals surface area contributed by atoms with Gasteiger partial charge in [0.2, 0.25) is 0 Å². The summed E-state index contributed by atoms with van der Waals surface area (Å²) in [6.07, 6.45) is 3.44. The van der Waals surface area contributed by atoms with E-state index in [1.54, 1.807) is 15.5 Å². The Labute approximate surface area is 276 Å². The van der Waals surface area contributed by atoms with E-state index in [4.69, 9.17) is 25.7 Å². The van der Waals surface area contributed by atoms with Gasteiger partial charge < -0.3 is 46.5 Å². The molecule has 8 heterocycles. The molecule has 4 aliphatic heterocycles. The molecule has 2 amide bonds. The van der Waals surface area contributed by atoms with Gasteiger partial charge in [-0.3, -0.25) is 18.7 Å². The van der Waals surface area contributed by atoms with Crippen molar-refractivity contribution < 1.29 is 34.0 Å². The first kappa shape index (κ1) is 31.0. The number of aromatic nitrogens is 8. The summed E-state index contributed by atoms with van der Waals surface area (Å²) >= 11 is 0. The summed E-state index contributed by atoms with van der Waals surface area (Å²) in [4.78, 5) is 49.1. The Morgan fingerprint density at radius 1 is 0.837 bits per heavy atom. The summed E-state index contributed by atoms with van der Waals surface area (Å²) in [7, 11) is 0. The van der Waals surface area contributed by atoms with Crippen LogP contribution >= 0.6 is 0 Å². The normalized spacial score (nSPS) is 31.2. The summed E-state index contributed by atoms with van der Waals surface area (Å²) in [5, 5.41) is 25.3. The molecule has 2 unspecified atom stereocenters. The number of ether oxygens (including phenoxy) is 3. The molecule has 49 heavy (non-hydrogen) atoms. The van der Waals surface area contributed by atoms with Crippen molar-refractivity contribution in [2.75, 3.05) is 18.1 Å². The van der Waals surface area contributed by atoms with Crippen LogP contribution in [-0.2, 0) is 30.4 Å². The molecule has 19 nitrogen and oxygen atoms in total. The van der Waals surface area contributed by atoms with Crippen LogP contribution in [0.15, 0.2) is 55.6 Å². The maximum Gasteiger partial charge on any atom is 0.258 e. The Bertz CT molecular complexity index is 2080. The van der Waals surface area contributed by atoms with E-state index in [2.05, 4.69) is 40.5 Å². The molecule has 5 aromatic rings. The highest BCUT2D eigenvalue weighted by molar-refractivity contribution is 5.91. The molecule has 0 saturated carbocycles. The Morgan fingerprint density at radius 3 is 1.96 bits per heavy atom. The number of rotatable bonds is 7. The summed E-state index contributed by atoms with van der Waals surface area (Å²) in [6, 6.07) is 8.81. The van der Waals surface area contributed by atoms with Gasteiger partial charge in [0.05, 0.1) is 25.9 Å². The summed E-state index contributed by atoms with van der Waals surface area (Å²) < 4.78 is 21.5. The highest BCUT2D eigenvalue weighted by atomic mass is 16.6. The maximum atomic E-state index is 12.7. The fourth-order valence-corrected chi connectivity index (χ4v) is 7.03. The largest absolute Gasteiger partial charge is 0.393 e. The molecule has 9 rings (SSSR count). The zero-order chi connectivity index (χ0) is 34.1. The van der Waals surface area contributed by atoms with Crippen molar-refractivity contribution in [2.45, 2.75) is 67.9 Å². The molecule has 8 atom stereocenters. The smallest absolute Gasteiger partial charge is 0.258 e. The molecular formula is C30H32N12O7. The molecule has 19 heteroatoms. The van der Waals surface area contributed by atoms with Crippen LogP contribution in [0.2, 0.25) is 0 Å². The number of fused-ring (bicyclic) bond motifs is 6. The predicted molar refractivity (Wildman–Crippen MR) is 167 cm³/mol. The molecule has 0 radical (unpaired) electrons. The van der Waals surface area contributed by atoms with Gasteiger partial charge in [0, 0.05) is 0 Å². The van der Waals surface area contributed by atoms with E-state index in [1.165, 1.54) is 19.0 Å². The topological polar surface area (TPSA) is 266 Å². The number of hydrogen-bond donors (Lipinski definition) is 6.